The predicted molar refractivity (Wildman–Crippen MR) is 154 cm³/mol. The zero-order valence-electron chi connectivity index (χ0n) is 23.8. The van der Waals surface area contributed by atoms with Gasteiger partial charge in [-0.25, -0.2) is 23.9 Å². The van der Waals surface area contributed by atoms with Crippen molar-refractivity contribution in [3.63, 3.8) is 0 Å². The Bertz CT molecular complexity index is 1780. The molecule has 2 aliphatic rings. The van der Waals surface area contributed by atoms with Crippen LogP contribution in [0.5, 0.6) is 5.75 Å². The Hall–Kier alpha value is -4.74. The molecule has 12 heteroatoms. The Morgan fingerprint density at radius 2 is 1.93 bits per heavy atom. The molecule has 11 nitrogen and oxygen atoms in total. The van der Waals surface area contributed by atoms with E-state index in [1.54, 1.807) is 62.1 Å². The molecule has 0 radical (unpaired) electrons. The molecule has 0 aliphatic carbocycles. The number of piperidine rings is 1. The number of fused-ring (bicyclic) bond motifs is 2. The zero-order valence-corrected chi connectivity index (χ0v) is 23.8. The van der Waals surface area contributed by atoms with Crippen LogP contribution in [0.2, 0.25) is 0 Å². The predicted octanol–water partition coefficient (Wildman–Crippen LogP) is 3.78. The fraction of sp³-hybridized carbons (Fsp3) is 0.367. The van der Waals surface area contributed by atoms with Crippen LogP contribution in [0.4, 0.5) is 20.7 Å². The second kappa shape index (κ2) is 10.6. The van der Waals surface area contributed by atoms with Crippen molar-refractivity contribution in [1.29, 1.82) is 0 Å². The monoisotopic (exact) mass is 574 g/mol. The van der Waals surface area contributed by atoms with Gasteiger partial charge in [-0.1, -0.05) is 0 Å². The summed E-state index contributed by atoms with van der Waals surface area (Å²) in [4.78, 5) is 50.7. The summed E-state index contributed by atoms with van der Waals surface area (Å²) in [6.45, 7) is 4.32. The first-order chi connectivity index (χ1) is 20.1. The number of nitrogens with zero attached hydrogens (tertiary/aromatic N) is 5. The highest BCUT2D eigenvalue weighted by Gasteiger charge is 2.37. The lowest BCUT2D eigenvalue weighted by atomic mass is 10.00. The average Bonchev–Trinajstić information content (AvgIpc) is 3.15. The summed E-state index contributed by atoms with van der Waals surface area (Å²) in [5, 5.41) is 2.91. The van der Waals surface area contributed by atoms with Gasteiger partial charge in [-0.05, 0) is 68.1 Å². The molecule has 2 unspecified atom stereocenters. The number of ketones is 1. The smallest absolute Gasteiger partial charge is 0.419 e. The number of anilines is 2. The number of benzene rings is 2. The van der Waals surface area contributed by atoms with Crippen molar-refractivity contribution in [1.82, 2.24) is 19.4 Å². The van der Waals surface area contributed by atoms with Crippen LogP contribution in [0.3, 0.4) is 0 Å². The topological polar surface area (TPSA) is 123 Å². The van der Waals surface area contributed by atoms with Crippen LogP contribution in [-0.2, 0) is 13.5 Å². The maximum Gasteiger partial charge on any atom is 0.419 e. The van der Waals surface area contributed by atoms with Crippen molar-refractivity contribution in [2.24, 2.45) is 7.05 Å². The van der Waals surface area contributed by atoms with E-state index >= 15 is 4.39 Å². The minimum absolute atomic E-state index is 0.0134. The molecule has 6 rings (SSSR count). The highest BCUT2D eigenvalue weighted by atomic mass is 19.1. The number of oxazole rings is 1. The first kappa shape index (κ1) is 27.4. The van der Waals surface area contributed by atoms with E-state index in [-0.39, 0.29) is 24.1 Å². The molecule has 2 amide bonds. The van der Waals surface area contributed by atoms with Gasteiger partial charge in [0.2, 0.25) is 5.78 Å². The first-order valence-electron chi connectivity index (χ1n) is 13.8. The van der Waals surface area contributed by atoms with Crippen LogP contribution in [0.25, 0.3) is 11.1 Å². The maximum absolute atomic E-state index is 15.7. The number of halogens is 1. The third-order valence-corrected chi connectivity index (χ3v) is 8.06. The van der Waals surface area contributed by atoms with Gasteiger partial charge < -0.3 is 24.3 Å². The summed E-state index contributed by atoms with van der Waals surface area (Å²) in [5.41, 5.74) is 3.79. The summed E-state index contributed by atoms with van der Waals surface area (Å²) in [5.74, 6) is 0.647. The van der Waals surface area contributed by atoms with E-state index < -0.39 is 18.0 Å². The molecule has 2 aromatic heterocycles. The number of methoxy groups -OCH3 is 1. The van der Waals surface area contributed by atoms with Gasteiger partial charge in [0, 0.05) is 37.5 Å². The number of rotatable bonds is 5. The number of carbonyl (C=O) groups is 2. The largest absolute Gasteiger partial charge is 0.497 e. The molecule has 4 aromatic rings. The third-order valence-electron chi connectivity index (χ3n) is 8.06. The molecule has 2 aromatic carbocycles. The Morgan fingerprint density at radius 3 is 2.69 bits per heavy atom. The number of alkyl halides is 1. The van der Waals surface area contributed by atoms with Crippen molar-refractivity contribution in [3.8, 4) is 5.75 Å². The van der Waals surface area contributed by atoms with Crippen molar-refractivity contribution in [3.05, 3.63) is 75.2 Å². The molecule has 218 valence electrons. The molecule has 1 saturated heterocycles. The SMILES string of the molecule is COc1ccc2c(c1)CCN(C1CCN(c3cc(C(=O)c4cc(C)c5c(c4)oc(=O)n5C)nc(C)n3)CC1F)C(=O)N2. The summed E-state index contributed by atoms with van der Waals surface area (Å²) in [6.07, 6.45) is -0.364. The van der Waals surface area contributed by atoms with E-state index in [1.165, 1.54) is 10.6 Å². The van der Waals surface area contributed by atoms with E-state index in [1.807, 2.05) is 6.07 Å². The molecule has 0 saturated carbocycles. The Morgan fingerprint density at radius 1 is 1.12 bits per heavy atom. The maximum atomic E-state index is 15.7. The van der Waals surface area contributed by atoms with Crippen molar-refractivity contribution in [2.45, 2.75) is 38.9 Å². The number of amides is 2. The summed E-state index contributed by atoms with van der Waals surface area (Å²) >= 11 is 0. The van der Waals surface area contributed by atoms with E-state index in [0.717, 1.165) is 11.1 Å². The normalized spacial score (nSPS) is 18.9. The first-order valence-corrected chi connectivity index (χ1v) is 13.8. The van der Waals surface area contributed by atoms with Crippen molar-refractivity contribution >= 4 is 34.4 Å². The minimum atomic E-state index is -1.33. The van der Waals surface area contributed by atoms with Crippen LogP contribution >= 0.6 is 0 Å². The number of hydrogen-bond acceptors (Lipinski definition) is 8. The molecule has 1 fully saturated rings. The van der Waals surface area contributed by atoms with Gasteiger partial charge in [-0.15, -0.1) is 0 Å². The number of aryl methyl sites for hydroxylation is 3. The molecule has 4 heterocycles. The Balaban J connectivity index is 1.20. The highest BCUT2D eigenvalue weighted by molar-refractivity contribution is 6.09. The van der Waals surface area contributed by atoms with Crippen molar-refractivity contribution < 1.29 is 23.1 Å². The molecular formula is C30H31FN6O5. The Labute approximate surface area is 240 Å². The zero-order chi connectivity index (χ0) is 29.7. The van der Waals surface area contributed by atoms with E-state index in [2.05, 4.69) is 15.3 Å². The van der Waals surface area contributed by atoms with Crippen LogP contribution in [-0.4, -0.2) is 70.2 Å². The number of ether oxygens (including phenoxy) is 1. The van der Waals surface area contributed by atoms with Crippen LogP contribution < -0.4 is 20.7 Å². The summed E-state index contributed by atoms with van der Waals surface area (Å²) in [6, 6.07) is 9.34. The van der Waals surface area contributed by atoms with Crippen LogP contribution in [0, 0.1) is 13.8 Å². The van der Waals surface area contributed by atoms with Gasteiger partial charge in [0.25, 0.3) is 0 Å². The van der Waals surface area contributed by atoms with Gasteiger partial charge in [-0.3, -0.25) is 9.36 Å². The van der Waals surface area contributed by atoms with Crippen molar-refractivity contribution in [2.75, 3.05) is 37.0 Å². The third kappa shape index (κ3) is 4.86. The molecule has 2 atom stereocenters. The van der Waals surface area contributed by atoms with Crippen LogP contribution in [0.15, 0.2) is 45.6 Å². The fourth-order valence-corrected chi connectivity index (χ4v) is 5.94. The fourth-order valence-electron chi connectivity index (χ4n) is 5.94. The number of nitrogens with one attached hydrogen (secondary N) is 1. The van der Waals surface area contributed by atoms with Crippen LogP contribution in [0.1, 0.15) is 39.4 Å². The Kier molecular flexibility index (Phi) is 6.91. The van der Waals surface area contributed by atoms with Gasteiger partial charge in [0.1, 0.15) is 29.3 Å². The van der Waals surface area contributed by atoms with E-state index in [9.17, 15) is 14.4 Å². The molecular weight excluding hydrogens is 543 g/mol. The molecule has 42 heavy (non-hydrogen) atoms. The van der Waals surface area contributed by atoms with Gasteiger partial charge in [0.15, 0.2) is 5.58 Å². The molecule has 1 N–H and O–H groups in total. The standard InChI is InChI=1S/C30H31FN6O5/c1-16-11-19(13-25-27(16)35(3)30(40)42-25)28(38)23-14-26(33-17(2)32-23)36-9-8-24(21(31)15-36)37-10-7-18-12-20(41-4)5-6-22(18)34-29(37)39/h5-6,11-14,21,24H,7-10,15H2,1-4H3,(H,34,39). The lowest BCUT2D eigenvalue weighted by Gasteiger charge is -2.40. The molecule has 2 aliphatic heterocycles. The van der Waals surface area contributed by atoms with E-state index in [0.29, 0.717) is 65.7 Å². The van der Waals surface area contributed by atoms with Gasteiger partial charge in [0.05, 0.1) is 25.2 Å². The highest BCUT2D eigenvalue weighted by Crippen LogP contribution is 2.30. The lowest BCUT2D eigenvalue weighted by molar-refractivity contribution is 0.103. The molecule has 0 bridgehead atoms. The van der Waals surface area contributed by atoms with Gasteiger partial charge in [-0.2, -0.15) is 0 Å². The van der Waals surface area contributed by atoms with Gasteiger partial charge >= 0.3 is 11.8 Å². The number of urea groups is 1. The van der Waals surface area contributed by atoms with E-state index in [4.69, 9.17) is 9.15 Å². The number of hydrogen-bond donors (Lipinski definition) is 1. The summed E-state index contributed by atoms with van der Waals surface area (Å²) < 4.78 is 27.7. The lowest BCUT2D eigenvalue weighted by Crippen LogP contribution is -2.55. The quantitative estimate of drug-likeness (QED) is 0.358. The second-order valence-corrected chi connectivity index (χ2v) is 10.8. The minimum Gasteiger partial charge on any atom is -0.497 e. The average molecular weight is 575 g/mol. The summed E-state index contributed by atoms with van der Waals surface area (Å²) in [7, 11) is 3.20. The second-order valence-electron chi connectivity index (χ2n) is 10.8. The number of carbonyl (C=O) groups excluding carboxylic acids is 2. The number of aromatic nitrogens is 3. The molecule has 0 spiro atoms.